The SMILES string of the molecule is CCc1ccccc1NC(=O)CN(C)C(=O)Nc1ccc(C(=O)Nc2ccccc2)cc1. The molecule has 3 rings (SSSR count). The Morgan fingerprint density at radius 3 is 2.06 bits per heavy atom. The lowest BCUT2D eigenvalue weighted by molar-refractivity contribution is -0.116. The topological polar surface area (TPSA) is 90.5 Å². The fourth-order valence-electron chi connectivity index (χ4n) is 3.08. The summed E-state index contributed by atoms with van der Waals surface area (Å²) in [6, 6.07) is 22.8. The van der Waals surface area contributed by atoms with Crippen molar-refractivity contribution in [3.63, 3.8) is 0 Å². The van der Waals surface area contributed by atoms with Crippen LogP contribution in [0.25, 0.3) is 0 Å². The third-order valence-corrected chi connectivity index (χ3v) is 4.83. The summed E-state index contributed by atoms with van der Waals surface area (Å²) in [5.41, 5.74) is 3.47. The van der Waals surface area contributed by atoms with Crippen LogP contribution in [0.5, 0.6) is 0 Å². The molecule has 0 aliphatic heterocycles. The van der Waals surface area contributed by atoms with Crippen molar-refractivity contribution in [2.45, 2.75) is 13.3 Å². The summed E-state index contributed by atoms with van der Waals surface area (Å²) in [6.07, 6.45) is 0.798. The van der Waals surface area contributed by atoms with E-state index in [9.17, 15) is 14.4 Å². The highest BCUT2D eigenvalue weighted by Crippen LogP contribution is 2.16. The fraction of sp³-hybridized carbons (Fsp3) is 0.160. The van der Waals surface area contributed by atoms with E-state index in [-0.39, 0.29) is 18.4 Å². The first-order valence-corrected chi connectivity index (χ1v) is 10.3. The van der Waals surface area contributed by atoms with Crippen molar-refractivity contribution in [1.29, 1.82) is 0 Å². The molecule has 32 heavy (non-hydrogen) atoms. The summed E-state index contributed by atoms with van der Waals surface area (Å²) in [4.78, 5) is 38.4. The minimum atomic E-state index is -0.426. The molecule has 0 bridgehead atoms. The van der Waals surface area contributed by atoms with E-state index in [2.05, 4.69) is 16.0 Å². The highest BCUT2D eigenvalue weighted by atomic mass is 16.2. The second kappa shape index (κ2) is 10.8. The molecule has 0 aliphatic rings. The predicted molar refractivity (Wildman–Crippen MR) is 127 cm³/mol. The fourth-order valence-corrected chi connectivity index (χ4v) is 3.08. The molecule has 0 heterocycles. The number of rotatable bonds is 7. The molecule has 3 aromatic carbocycles. The molecule has 0 spiro atoms. The van der Waals surface area contributed by atoms with Gasteiger partial charge in [-0.05, 0) is 54.4 Å². The maximum atomic E-state index is 12.4. The minimum Gasteiger partial charge on any atom is -0.324 e. The zero-order valence-electron chi connectivity index (χ0n) is 18.1. The van der Waals surface area contributed by atoms with Crippen molar-refractivity contribution < 1.29 is 14.4 Å². The van der Waals surface area contributed by atoms with Crippen LogP contribution in [0.1, 0.15) is 22.8 Å². The molecule has 0 unspecified atom stereocenters. The molecule has 3 aromatic rings. The van der Waals surface area contributed by atoms with Crippen molar-refractivity contribution in [2.75, 3.05) is 29.5 Å². The van der Waals surface area contributed by atoms with E-state index >= 15 is 0 Å². The van der Waals surface area contributed by atoms with Gasteiger partial charge in [0, 0.05) is 29.7 Å². The van der Waals surface area contributed by atoms with Gasteiger partial charge in [-0.3, -0.25) is 9.59 Å². The van der Waals surface area contributed by atoms with E-state index in [4.69, 9.17) is 0 Å². The summed E-state index contributed by atoms with van der Waals surface area (Å²) in [7, 11) is 1.54. The van der Waals surface area contributed by atoms with Crippen molar-refractivity contribution in [1.82, 2.24) is 4.90 Å². The van der Waals surface area contributed by atoms with Gasteiger partial charge in [0.15, 0.2) is 0 Å². The average Bonchev–Trinajstić information content (AvgIpc) is 2.80. The number of para-hydroxylation sites is 2. The smallest absolute Gasteiger partial charge is 0.322 e. The number of benzene rings is 3. The van der Waals surface area contributed by atoms with Gasteiger partial charge < -0.3 is 20.9 Å². The number of carbonyl (C=O) groups is 3. The van der Waals surface area contributed by atoms with Crippen LogP contribution >= 0.6 is 0 Å². The van der Waals surface area contributed by atoms with E-state index in [1.807, 2.05) is 49.4 Å². The van der Waals surface area contributed by atoms with Crippen LogP contribution in [0.4, 0.5) is 21.9 Å². The van der Waals surface area contributed by atoms with Gasteiger partial charge >= 0.3 is 6.03 Å². The average molecular weight is 431 g/mol. The van der Waals surface area contributed by atoms with Crippen molar-refractivity contribution in [2.24, 2.45) is 0 Å². The van der Waals surface area contributed by atoms with E-state index in [0.717, 1.165) is 17.7 Å². The molecular weight excluding hydrogens is 404 g/mol. The highest BCUT2D eigenvalue weighted by molar-refractivity contribution is 6.04. The zero-order chi connectivity index (χ0) is 22.9. The lowest BCUT2D eigenvalue weighted by Crippen LogP contribution is -2.37. The molecule has 0 fully saturated rings. The molecule has 4 amide bonds. The molecule has 0 aromatic heterocycles. The Kier molecular flexibility index (Phi) is 7.59. The van der Waals surface area contributed by atoms with Crippen LogP contribution in [0.3, 0.4) is 0 Å². The number of urea groups is 1. The summed E-state index contributed by atoms with van der Waals surface area (Å²) in [6.45, 7) is 1.92. The third-order valence-electron chi connectivity index (χ3n) is 4.83. The van der Waals surface area contributed by atoms with Crippen LogP contribution in [-0.2, 0) is 11.2 Å². The van der Waals surface area contributed by atoms with Gasteiger partial charge in [0.05, 0.1) is 0 Å². The second-order valence-corrected chi connectivity index (χ2v) is 7.24. The Bertz CT molecular complexity index is 1080. The number of hydrogen-bond donors (Lipinski definition) is 3. The van der Waals surface area contributed by atoms with E-state index in [1.54, 1.807) is 43.4 Å². The molecule has 0 saturated heterocycles. The van der Waals surface area contributed by atoms with Gasteiger partial charge in [-0.1, -0.05) is 43.3 Å². The molecule has 0 saturated carbocycles. The van der Waals surface area contributed by atoms with Gasteiger partial charge in [-0.2, -0.15) is 0 Å². The third kappa shape index (κ3) is 6.18. The lowest BCUT2D eigenvalue weighted by Gasteiger charge is -2.18. The minimum absolute atomic E-state index is 0.0958. The van der Waals surface area contributed by atoms with Gasteiger partial charge in [0.25, 0.3) is 5.91 Å². The van der Waals surface area contributed by atoms with Crippen molar-refractivity contribution >= 4 is 34.9 Å². The standard InChI is InChI=1S/C25H26N4O3/c1-3-18-9-7-8-12-22(18)28-23(30)17-29(2)25(32)27-21-15-13-19(14-16-21)24(31)26-20-10-5-4-6-11-20/h4-16H,3,17H2,1-2H3,(H,26,31)(H,27,32)(H,28,30). The summed E-state index contributed by atoms with van der Waals surface area (Å²) in [5.74, 6) is -0.522. The van der Waals surface area contributed by atoms with E-state index < -0.39 is 6.03 Å². The van der Waals surface area contributed by atoms with E-state index in [0.29, 0.717) is 16.9 Å². The largest absolute Gasteiger partial charge is 0.324 e. The molecule has 7 nitrogen and oxygen atoms in total. The van der Waals surface area contributed by atoms with Crippen LogP contribution < -0.4 is 16.0 Å². The van der Waals surface area contributed by atoms with Crippen LogP contribution in [0.2, 0.25) is 0 Å². The van der Waals surface area contributed by atoms with Crippen molar-refractivity contribution in [3.8, 4) is 0 Å². The lowest BCUT2D eigenvalue weighted by atomic mass is 10.1. The number of likely N-dealkylation sites (N-methyl/N-ethyl adjacent to an activating group) is 1. The number of aryl methyl sites for hydroxylation is 1. The number of anilines is 3. The Labute approximate surface area is 187 Å². The van der Waals surface area contributed by atoms with Gasteiger partial charge in [0.1, 0.15) is 6.54 Å². The second-order valence-electron chi connectivity index (χ2n) is 7.24. The van der Waals surface area contributed by atoms with Crippen LogP contribution in [0.15, 0.2) is 78.9 Å². The quantitative estimate of drug-likeness (QED) is 0.511. The summed E-state index contributed by atoms with van der Waals surface area (Å²) >= 11 is 0. The maximum Gasteiger partial charge on any atom is 0.322 e. The number of carbonyl (C=O) groups excluding carboxylic acids is 3. The number of hydrogen-bond acceptors (Lipinski definition) is 3. The highest BCUT2D eigenvalue weighted by Gasteiger charge is 2.14. The first-order valence-electron chi connectivity index (χ1n) is 10.3. The van der Waals surface area contributed by atoms with E-state index in [1.165, 1.54) is 4.90 Å². The van der Waals surface area contributed by atoms with Gasteiger partial charge in [-0.25, -0.2) is 4.79 Å². The Morgan fingerprint density at radius 1 is 0.750 bits per heavy atom. The number of nitrogens with zero attached hydrogens (tertiary/aromatic N) is 1. The molecule has 0 radical (unpaired) electrons. The van der Waals surface area contributed by atoms with Crippen LogP contribution in [-0.4, -0.2) is 36.3 Å². The molecule has 7 heteroatoms. The molecule has 3 N–H and O–H groups in total. The Balaban J connectivity index is 1.52. The Morgan fingerprint density at radius 2 is 1.38 bits per heavy atom. The number of nitrogens with one attached hydrogen (secondary N) is 3. The maximum absolute atomic E-state index is 12.4. The number of amides is 4. The zero-order valence-corrected chi connectivity index (χ0v) is 18.1. The summed E-state index contributed by atoms with van der Waals surface area (Å²) in [5, 5.41) is 8.38. The summed E-state index contributed by atoms with van der Waals surface area (Å²) < 4.78 is 0. The molecule has 0 atom stereocenters. The monoisotopic (exact) mass is 430 g/mol. The Hall–Kier alpha value is -4.13. The first kappa shape index (κ1) is 22.6. The molecular formula is C25H26N4O3. The first-order chi connectivity index (χ1) is 15.5. The molecule has 0 aliphatic carbocycles. The van der Waals surface area contributed by atoms with Gasteiger partial charge in [-0.15, -0.1) is 0 Å². The predicted octanol–water partition coefficient (Wildman–Crippen LogP) is 4.60. The van der Waals surface area contributed by atoms with Gasteiger partial charge in [0.2, 0.25) is 5.91 Å². The van der Waals surface area contributed by atoms with Crippen molar-refractivity contribution in [3.05, 3.63) is 90.0 Å². The van der Waals surface area contributed by atoms with Crippen LogP contribution in [0, 0.1) is 0 Å². The molecule has 164 valence electrons. The normalized spacial score (nSPS) is 10.2.